The summed E-state index contributed by atoms with van der Waals surface area (Å²) in [6.45, 7) is 2.34. The second-order valence-electron chi connectivity index (χ2n) is 4.36. The van der Waals surface area contributed by atoms with Crippen molar-refractivity contribution in [1.82, 2.24) is 0 Å². The van der Waals surface area contributed by atoms with E-state index in [1.807, 2.05) is 31.2 Å². The molecule has 0 radical (unpaired) electrons. The zero-order chi connectivity index (χ0) is 13.8. The van der Waals surface area contributed by atoms with Crippen molar-refractivity contribution in [2.24, 2.45) is 5.73 Å². The molecule has 2 N–H and O–H groups in total. The standard InChI is InChI=1S/C15H15BrFNO/c1-10-3-2-4-11(5-10)15(9-18)19-14-7-12(16)6-13(17)8-14/h2-8,15H,9,18H2,1H3. The highest BCUT2D eigenvalue weighted by molar-refractivity contribution is 9.10. The number of nitrogens with two attached hydrogens (primary N) is 1. The molecular formula is C15H15BrFNO. The molecule has 0 aliphatic heterocycles. The summed E-state index contributed by atoms with van der Waals surface area (Å²) in [7, 11) is 0. The Hall–Kier alpha value is -1.39. The van der Waals surface area contributed by atoms with Crippen LogP contribution in [-0.2, 0) is 0 Å². The molecule has 2 rings (SSSR count). The van der Waals surface area contributed by atoms with Gasteiger partial charge in [0.25, 0.3) is 0 Å². The number of aryl methyl sites for hydroxylation is 1. The van der Waals surface area contributed by atoms with Crippen molar-refractivity contribution in [2.45, 2.75) is 13.0 Å². The Bertz CT molecular complexity index is 554. The quantitative estimate of drug-likeness (QED) is 0.923. The molecule has 2 aromatic rings. The van der Waals surface area contributed by atoms with Crippen LogP contribution in [0.3, 0.4) is 0 Å². The van der Waals surface area contributed by atoms with E-state index in [-0.39, 0.29) is 11.9 Å². The Balaban J connectivity index is 2.23. The Morgan fingerprint density at radius 1 is 1.26 bits per heavy atom. The maximum atomic E-state index is 13.3. The van der Waals surface area contributed by atoms with Crippen LogP contribution in [0.25, 0.3) is 0 Å². The van der Waals surface area contributed by atoms with Crippen molar-refractivity contribution < 1.29 is 9.13 Å². The van der Waals surface area contributed by atoms with Crippen LogP contribution in [0, 0.1) is 12.7 Å². The lowest BCUT2D eigenvalue weighted by molar-refractivity contribution is 0.213. The topological polar surface area (TPSA) is 35.2 Å². The van der Waals surface area contributed by atoms with Crippen molar-refractivity contribution in [3.63, 3.8) is 0 Å². The molecule has 1 atom stereocenters. The molecule has 0 aromatic heterocycles. The van der Waals surface area contributed by atoms with E-state index in [4.69, 9.17) is 10.5 Å². The SMILES string of the molecule is Cc1cccc(C(CN)Oc2cc(F)cc(Br)c2)c1. The lowest BCUT2D eigenvalue weighted by Gasteiger charge is -2.18. The maximum absolute atomic E-state index is 13.3. The van der Waals surface area contributed by atoms with Gasteiger partial charge < -0.3 is 10.5 Å². The Morgan fingerprint density at radius 3 is 2.68 bits per heavy atom. The number of ether oxygens (including phenoxy) is 1. The largest absolute Gasteiger partial charge is 0.484 e. The summed E-state index contributed by atoms with van der Waals surface area (Å²) in [5.74, 6) is 0.119. The summed E-state index contributed by atoms with van der Waals surface area (Å²) < 4.78 is 19.7. The molecule has 0 amide bonds. The molecule has 2 nitrogen and oxygen atoms in total. The van der Waals surface area contributed by atoms with E-state index in [0.717, 1.165) is 11.1 Å². The first-order valence-corrected chi connectivity index (χ1v) is 6.77. The molecule has 0 bridgehead atoms. The van der Waals surface area contributed by atoms with Crippen LogP contribution in [0.2, 0.25) is 0 Å². The van der Waals surface area contributed by atoms with Crippen LogP contribution in [-0.4, -0.2) is 6.54 Å². The molecule has 100 valence electrons. The fourth-order valence-electron chi connectivity index (χ4n) is 1.88. The molecule has 0 saturated heterocycles. The van der Waals surface area contributed by atoms with E-state index in [0.29, 0.717) is 16.8 Å². The molecule has 1 unspecified atom stereocenters. The number of hydrogen-bond acceptors (Lipinski definition) is 2. The van der Waals surface area contributed by atoms with Crippen LogP contribution in [0.5, 0.6) is 5.75 Å². The highest BCUT2D eigenvalue weighted by Gasteiger charge is 2.12. The average molecular weight is 324 g/mol. The second-order valence-corrected chi connectivity index (χ2v) is 5.28. The second kappa shape index (κ2) is 6.17. The van der Waals surface area contributed by atoms with Gasteiger partial charge in [-0.2, -0.15) is 0 Å². The van der Waals surface area contributed by atoms with Crippen LogP contribution in [0.1, 0.15) is 17.2 Å². The highest BCUT2D eigenvalue weighted by Crippen LogP contribution is 2.26. The highest BCUT2D eigenvalue weighted by atomic mass is 79.9. The van der Waals surface area contributed by atoms with Crippen LogP contribution >= 0.6 is 15.9 Å². The van der Waals surface area contributed by atoms with Gasteiger partial charge in [-0.1, -0.05) is 45.8 Å². The fraction of sp³-hybridized carbons (Fsp3) is 0.200. The first-order valence-electron chi connectivity index (χ1n) is 5.98. The van der Waals surface area contributed by atoms with Gasteiger partial charge in [-0.25, -0.2) is 4.39 Å². The van der Waals surface area contributed by atoms with Gasteiger partial charge in [0.1, 0.15) is 17.7 Å². The molecule has 19 heavy (non-hydrogen) atoms. The zero-order valence-electron chi connectivity index (χ0n) is 10.6. The minimum Gasteiger partial charge on any atom is -0.484 e. The van der Waals surface area contributed by atoms with E-state index in [2.05, 4.69) is 15.9 Å². The maximum Gasteiger partial charge on any atom is 0.136 e. The summed E-state index contributed by atoms with van der Waals surface area (Å²) in [5.41, 5.74) is 7.88. The van der Waals surface area contributed by atoms with Crippen molar-refractivity contribution in [2.75, 3.05) is 6.54 Å². The molecule has 4 heteroatoms. The minimum atomic E-state index is -0.343. The molecule has 0 heterocycles. The molecule has 0 saturated carbocycles. The summed E-state index contributed by atoms with van der Waals surface area (Å²) in [6.07, 6.45) is -0.284. The van der Waals surface area contributed by atoms with Crippen molar-refractivity contribution >= 4 is 15.9 Å². The third-order valence-corrected chi connectivity index (χ3v) is 3.20. The molecule has 0 spiro atoms. The van der Waals surface area contributed by atoms with E-state index >= 15 is 0 Å². The van der Waals surface area contributed by atoms with Gasteiger partial charge in [-0.15, -0.1) is 0 Å². The normalized spacial score (nSPS) is 12.2. The third kappa shape index (κ3) is 3.78. The van der Waals surface area contributed by atoms with Crippen molar-refractivity contribution in [3.05, 3.63) is 63.9 Å². The predicted molar refractivity (Wildman–Crippen MR) is 77.7 cm³/mol. The van der Waals surface area contributed by atoms with Crippen LogP contribution in [0.15, 0.2) is 46.9 Å². The van der Waals surface area contributed by atoms with Gasteiger partial charge in [0.15, 0.2) is 0 Å². The zero-order valence-corrected chi connectivity index (χ0v) is 12.2. The van der Waals surface area contributed by atoms with E-state index in [1.54, 1.807) is 6.07 Å². The number of halogens is 2. The van der Waals surface area contributed by atoms with Crippen molar-refractivity contribution in [3.8, 4) is 5.75 Å². The lowest BCUT2D eigenvalue weighted by Crippen LogP contribution is -2.18. The van der Waals surface area contributed by atoms with Crippen LogP contribution in [0.4, 0.5) is 4.39 Å². The smallest absolute Gasteiger partial charge is 0.136 e. The van der Waals surface area contributed by atoms with Crippen molar-refractivity contribution in [1.29, 1.82) is 0 Å². The molecule has 0 aliphatic rings. The Morgan fingerprint density at radius 2 is 2.05 bits per heavy atom. The monoisotopic (exact) mass is 323 g/mol. The molecule has 2 aromatic carbocycles. The Labute approximate surface area is 120 Å². The van der Waals surface area contributed by atoms with E-state index in [9.17, 15) is 4.39 Å². The molecular weight excluding hydrogens is 309 g/mol. The van der Waals surface area contributed by atoms with Gasteiger partial charge >= 0.3 is 0 Å². The lowest BCUT2D eigenvalue weighted by atomic mass is 10.1. The summed E-state index contributed by atoms with van der Waals surface area (Å²) in [4.78, 5) is 0. The average Bonchev–Trinajstić information content (AvgIpc) is 2.34. The van der Waals surface area contributed by atoms with Gasteiger partial charge in [-0.05, 0) is 24.6 Å². The fourth-order valence-corrected chi connectivity index (χ4v) is 2.33. The van der Waals surface area contributed by atoms with Gasteiger partial charge in [-0.3, -0.25) is 0 Å². The first-order chi connectivity index (χ1) is 9.08. The van der Waals surface area contributed by atoms with E-state index in [1.165, 1.54) is 12.1 Å². The summed E-state index contributed by atoms with van der Waals surface area (Å²) in [6, 6.07) is 12.4. The number of hydrogen-bond donors (Lipinski definition) is 1. The minimum absolute atomic E-state index is 0.284. The molecule has 0 fully saturated rings. The van der Waals surface area contributed by atoms with Crippen LogP contribution < -0.4 is 10.5 Å². The number of rotatable bonds is 4. The van der Waals surface area contributed by atoms with Gasteiger partial charge in [0, 0.05) is 17.1 Å². The Kier molecular flexibility index (Phi) is 4.56. The number of benzene rings is 2. The first kappa shape index (κ1) is 14.0. The summed E-state index contributed by atoms with van der Waals surface area (Å²) >= 11 is 3.24. The molecule has 0 aliphatic carbocycles. The van der Waals surface area contributed by atoms with Gasteiger partial charge in [0.2, 0.25) is 0 Å². The van der Waals surface area contributed by atoms with Gasteiger partial charge in [0.05, 0.1) is 0 Å². The third-order valence-electron chi connectivity index (χ3n) is 2.74. The summed E-state index contributed by atoms with van der Waals surface area (Å²) in [5, 5.41) is 0. The van der Waals surface area contributed by atoms with E-state index < -0.39 is 0 Å². The predicted octanol–water partition coefficient (Wildman–Crippen LogP) is 3.98.